The number of anilines is 1. The quantitative estimate of drug-likeness (QED) is 0.465. The maximum absolute atomic E-state index is 12.2. The molecule has 3 rings (SSSR count). The van der Waals surface area contributed by atoms with E-state index in [2.05, 4.69) is 15.5 Å². The highest BCUT2D eigenvalue weighted by molar-refractivity contribution is 7.99. The topological polar surface area (TPSA) is 121 Å². The van der Waals surface area contributed by atoms with E-state index in [1.165, 1.54) is 11.6 Å². The Morgan fingerprint density at radius 2 is 2.04 bits per heavy atom. The Morgan fingerprint density at radius 1 is 1.33 bits per heavy atom. The SMILES string of the molecule is CC(=O)c1cc2c(cc1NC(=O)CSc1nnc(C)n1N)OCO2. The average Bonchev–Trinajstić information content (AvgIpc) is 3.12. The molecule has 0 saturated heterocycles. The van der Waals surface area contributed by atoms with Gasteiger partial charge in [0.2, 0.25) is 17.9 Å². The molecular weight excluding hydrogens is 334 g/mol. The van der Waals surface area contributed by atoms with Crippen LogP contribution in [0.1, 0.15) is 23.1 Å². The van der Waals surface area contributed by atoms with Crippen molar-refractivity contribution in [3.05, 3.63) is 23.5 Å². The number of ether oxygens (including phenoxy) is 2. The second kappa shape index (κ2) is 6.40. The molecule has 0 aliphatic carbocycles. The summed E-state index contributed by atoms with van der Waals surface area (Å²) in [6.07, 6.45) is 0. The van der Waals surface area contributed by atoms with Crippen molar-refractivity contribution in [3.63, 3.8) is 0 Å². The normalized spacial score (nSPS) is 12.2. The van der Waals surface area contributed by atoms with Crippen molar-refractivity contribution in [3.8, 4) is 11.5 Å². The van der Waals surface area contributed by atoms with E-state index in [0.29, 0.717) is 33.7 Å². The fourth-order valence-corrected chi connectivity index (χ4v) is 2.80. The molecule has 126 valence electrons. The highest BCUT2D eigenvalue weighted by atomic mass is 32.2. The smallest absolute Gasteiger partial charge is 0.234 e. The lowest BCUT2D eigenvalue weighted by Crippen LogP contribution is -2.18. The van der Waals surface area contributed by atoms with Gasteiger partial charge in [0.25, 0.3) is 0 Å². The molecule has 2 heterocycles. The van der Waals surface area contributed by atoms with Crippen LogP contribution in [-0.4, -0.2) is 39.1 Å². The maximum Gasteiger partial charge on any atom is 0.234 e. The van der Waals surface area contributed by atoms with Gasteiger partial charge >= 0.3 is 0 Å². The molecule has 0 fully saturated rings. The van der Waals surface area contributed by atoms with Gasteiger partial charge in [0.15, 0.2) is 17.3 Å². The van der Waals surface area contributed by atoms with Crippen LogP contribution >= 0.6 is 11.8 Å². The zero-order chi connectivity index (χ0) is 17.3. The van der Waals surface area contributed by atoms with Crippen molar-refractivity contribution in [1.29, 1.82) is 0 Å². The molecule has 0 spiro atoms. The summed E-state index contributed by atoms with van der Waals surface area (Å²) in [5, 5.41) is 10.8. The van der Waals surface area contributed by atoms with Crippen LogP contribution in [0.5, 0.6) is 11.5 Å². The first-order valence-electron chi connectivity index (χ1n) is 7.00. The molecule has 1 aromatic carbocycles. The number of nitrogens with zero attached hydrogens (tertiary/aromatic N) is 3. The fraction of sp³-hybridized carbons (Fsp3) is 0.286. The molecule has 10 heteroatoms. The number of nitrogens with two attached hydrogens (primary N) is 1. The molecule has 0 atom stereocenters. The number of Topliss-reactive ketones (excluding diaryl/α,β-unsaturated/α-hetero) is 1. The molecule has 1 aliphatic heterocycles. The van der Waals surface area contributed by atoms with Gasteiger partial charge in [0.1, 0.15) is 5.82 Å². The first kappa shape index (κ1) is 16.1. The van der Waals surface area contributed by atoms with Crippen LogP contribution in [-0.2, 0) is 4.79 Å². The third-order valence-corrected chi connectivity index (χ3v) is 4.28. The molecular formula is C14H15N5O4S. The van der Waals surface area contributed by atoms with E-state index in [0.717, 1.165) is 11.8 Å². The van der Waals surface area contributed by atoms with E-state index in [4.69, 9.17) is 15.3 Å². The van der Waals surface area contributed by atoms with Crippen molar-refractivity contribution in [1.82, 2.24) is 14.9 Å². The maximum atomic E-state index is 12.2. The molecule has 1 amide bonds. The molecule has 24 heavy (non-hydrogen) atoms. The third kappa shape index (κ3) is 3.13. The number of carbonyl (C=O) groups excluding carboxylic acids is 2. The summed E-state index contributed by atoms with van der Waals surface area (Å²) in [7, 11) is 0. The minimum absolute atomic E-state index is 0.0706. The predicted molar refractivity (Wildman–Crippen MR) is 86.8 cm³/mol. The summed E-state index contributed by atoms with van der Waals surface area (Å²) >= 11 is 1.15. The van der Waals surface area contributed by atoms with Gasteiger partial charge in [-0.2, -0.15) is 0 Å². The zero-order valence-electron chi connectivity index (χ0n) is 13.0. The number of aryl methyl sites for hydroxylation is 1. The van der Waals surface area contributed by atoms with Gasteiger partial charge in [-0.3, -0.25) is 9.59 Å². The van der Waals surface area contributed by atoms with Gasteiger partial charge < -0.3 is 20.6 Å². The minimum atomic E-state index is -0.304. The van der Waals surface area contributed by atoms with Crippen LogP contribution in [0.25, 0.3) is 0 Å². The third-order valence-electron chi connectivity index (χ3n) is 3.33. The van der Waals surface area contributed by atoms with Crippen molar-refractivity contribution in [2.24, 2.45) is 0 Å². The lowest BCUT2D eigenvalue weighted by molar-refractivity contribution is -0.113. The summed E-state index contributed by atoms with van der Waals surface area (Å²) in [6.45, 7) is 3.22. The number of hydrogen-bond donors (Lipinski definition) is 2. The first-order chi connectivity index (χ1) is 11.5. The van der Waals surface area contributed by atoms with Crippen LogP contribution in [0, 0.1) is 6.92 Å². The summed E-state index contributed by atoms with van der Waals surface area (Å²) in [5.41, 5.74) is 0.734. The van der Waals surface area contributed by atoms with E-state index in [1.807, 2.05) is 0 Å². The highest BCUT2D eigenvalue weighted by Gasteiger charge is 2.20. The molecule has 9 nitrogen and oxygen atoms in total. The molecule has 1 aromatic heterocycles. The number of ketones is 1. The number of amides is 1. The number of aromatic nitrogens is 3. The molecule has 0 radical (unpaired) electrons. The van der Waals surface area contributed by atoms with Gasteiger partial charge in [0, 0.05) is 11.6 Å². The van der Waals surface area contributed by atoms with Crippen LogP contribution in [0.2, 0.25) is 0 Å². The molecule has 2 aromatic rings. The van der Waals surface area contributed by atoms with Crippen LogP contribution < -0.4 is 20.6 Å². The number of nitrogens with one attached hydrogen (secondary N) is 1. The number of carbonyl (C=O) groups is 2. The van der Waals surface area contributed by atoms with E-state index < -0.39 is 0 Å². The van der Waals surface area contributed by atoms with Gasteiger partial charge in [-0.1, -0.05) is 11.8 Å². The summed E-state index contributed by atoms with van der Waals surface area (Å²) < 4.78 is 11.8. The average molecular weight is 349 g/mol. The Morgan fingerprint density at radius 3 is 2.67 bits per heavy atom. The van der Waals surface area contributed by atoms with Gasteiger partial charge in [-0.25, -0.2) is 4.68 Å². The zero-order valence-corrected chi connectivity index (χ0v) is 13.8. The Kier molecular flexibility index (Phi) is 4.30. The monoisotopic (exact) mass is 349 g/mol. The number of fused-ring (bicyclic) bond motifs is 1. The Labute approximate surface area is 141 Å². The summed E-state index contributed by atoms with van der Waals surface area (Å²) in [6, 6.07) is 3.14. The second-order valence-electron chi connectivity index (χ2n) is 5.04. The fourth-order valence-electron chi connectivity index (χ4n) is 2.10. The van der Waals surface area contributed by atoms with E-state index in [1.54, 1.807) is 19.1 Å². The number of nitrogen functional groups attached to an aromatic ring is 1. The molecule has 0 saturated carbocycles. The molecule has 0 unspecified atom stereocenters. The number of benzene rings is 1. The Bertz CT molecular complexity index is 820. The van der Waals surface area contributed by atoms with E-state index in [-0.39, 0.29) is 24.2 Å². The van der Waals surface area contributed by atoms with Crippen LogP contribution in [0.4, 0.5) is 5.69 Å². The van der Waals surface area contributed by atoms with Crippen molar-refractivity contribution < 1.29 is 19.1 Å². The van der Waals surface area contributed by atoms with Gasteiger partial charge in [-0.15, -0.1) is 10.2 Å². The lowest BCUT2D eigenvalue weighted by Gasteiger charge is -2.10. The van der Waals surface area contributed by atoms with Gasteiger partial charge in [0.05, 0.1) is 11.4 Å². The molecule has 1 aliphatic rings. The van der Waals surface area contributed by atoms with E-state index >= 15 is 0 Å². The first-order valence-corrected chi connectivity index (χ1v) is 7.98. The Hall–Kier alpha value is -2.75. The molecule has 3 N–H and O–H groups in total. The van der Waals surface area contributed by atoms with Crippen molar-refractivity contribution in [2.75, 3.05) is 23.7 Å². The van der Waals surface area contributed by atoms with E-state index in [9.17, 15) is 9.59 Å². The number of thioether (sulfide) groups is 1. The lowest BCUT2D eigenvalue weighted by atomic mass is 10.1. The van der Waals surface area contributed by atoms with Gasteiger partial charge in [-0.05, 0) is 19.9 Å². The number of hydrogen-bond acceptors (Lipinski definition) is 8. The Balaban J connectivity index is 1.72. The van der Waals surface area contributed by atoms with Crippen LogP contribution in [0.3, 0.4) is 0 Å². The minimum Gasteiger partial charge on any atom is -0.454 e. The van der Waals surface area contributed by atoms with Crippen LogP contribution in [0.15, 0.2) is 17.3 Å². The molecule has 0 bridgehead atoms. The summed E-state index contributed by atoms with van der Waals surface area (Å²) in [4.78, 5) is 23.9. The predicted octanol–water partition coefficient (Wildman–Crippen LogP) is 0.962. The largest absolute Gasteiger partial charge is 0.454 e. The van der Waals surface area contributed by atoms with Crippen molar-refractivity contribution >= 4 is 29.1 Å². The number of rotatable bonds is 5. The highest BCUT2D eigenvalue weighted by Crippen LogP contribution is 2.37. The second-order valence-corrected chi connectivity index (χ2v) is 5.99. The summed E-state index contributed by atoms with van der Waals surface area (Å²) in [5.74, 6) is 6.83. The standard InChI is InChI=1S/C14H15N5O4S/c1-7(20)9-3-11-12(23-6-22-11)4-10(9)16-13(21)5-24-14-18-17-8(2)19(14)15/h3-4H,5-6,15H2,1-2H3,(H,16,21). The van der Waals surface area contributed by atoms with Crippen molar-refractivity contribution in [2.45, 2.75) is 19.0 Å².